The van der Waals surface area contributed by atoms with Crippen molar-refractivity contribution in [2.75, 3.05) is 26.2 Å². The number of hydrogen-bond acceptors (Lipinski definition) is 4. The fraction of sp³-hybridized carbons (Fsp3) is 0.444. The lowest BCUT2D eigenvalue weighted by Gasteiger charge is -2.25. The van der Waals surface area contributed by atoms with E-state index in [0.29, 0.717) is 25.9 Å². The van der Waals surface area contributed by atoms with Crippen molar-refractivity contribution in [3.8, 4) is 11.1 Å². The summed E-state index contributed by atoms with van der Waals surface area (Å²) in [6.45, 7) is 5.27. The summed E-state index contributed by atoms with van der Waals surface area (Å²) in [6, 6.07) is 16.4. The Morgan fingerprint density at radius 3 is 2.24 bits per heavy atom. The monoisotopic (exact) mass is 466 g/mol. The highest BCUT2D eigenvalue weighted by atomic mass is 16.5. The second kappa shape index (κ2) is 12.2. The van der Waals surface area contributed by atoms with Gasteiger partial charge in [0, 0.05) is 31.5 Å². The van der Waals surface area contributed by atoms with E-state index in [0.717, 1.165) is 6.42 Å². The zero-order chi connectivity index (χ0) is 24.5. The molecule has 7 nitrogen and oxygen atoms in total. The van der Waals surface area contributed by atoms with E-state index in [1.165, 1.54) is 22.3 Å². The van der Waals surface area contributed by atoms with Crippen molar-refractivity contribution in [1.82, 2.24) is 10.2 Å². The smallest absolute Gasteiger partial charge is 0.407 e. The number of carbonyl (C=O) groups is 3. The predicted octanol–water partition coefficient (Wildman–Crippen LogP) is 4.65. The summed E-state index contributed by atoms with van der Waals surface area (Å²) in [5.41, 5.74) is 4.71. The third-order valence-electron chi connectivity index (χ3n) is 6.25. The molecular weight excluding hydrogens is 432 g/mol. The van der Waals surface area contributed by atoms with Crippen LogP contribution in [0.5, 0.6) is 0 Å². The van der Waals surface area contributed by atoms with Crippen LogP contribution in [-0.4, -0.2) is 54.2 Å². The van der Waals surface area contributed by atoms with Gasteiger partial charge in [-0.1, -0.05) is 62.4 Å². The maximum absolute atomic E-state index is 12.6. The van der Waals surface area contributed by atoms with Crippen LogP contribution < -0.4 is 5.32 Å². The molecule has 1 unspecified atom stereocenters. The number of ether oxygens (including phenoxy) is 1. The molecule has 1 aliphatic carbocycles. The van der Waals surface area contributed by atoms with Crippen molar-refractivity contribution in [2.45, 2.75) is 45.4 Å². The average molecular weight is 467 g/mol. The average Bonchev–Trinajstić information content (AvgIpc) is 3.16. The van der Waals surface area contributed by atoms with Crippen molar-refractivity contribution in [3.05, 3.63) is 59.7 Å². The minimum atomic E-state index is -0.908. The molecular formula is C27H34N2O5. The fourth-order valence-corrected chi connectivity index (χ4v) is 4.52. The Kier molecular flexibility index (Phi) is 9.08. The van der Waals surface area contributed by atoms with Crippen molar-refractivity contribution >= 4 is 18.0 Å². The summed E-state index contributed by atoms with van der Waals surface area (Å²) in [6.07, 6.45) is 1.50. The number of aliphatic carboxylic acids is 1. The number of carboxylic acids is 1. The number of amides is 2. The molecule has 0 heterocycles. The number of benzene rings is 2. The van der Waals surface area contributed by atoms with Gasteiger partial charge in [0.15, 0.2) is 0 Å². The molecule has 0 saturated heterocycles. The van der Waals surface area contributed by atoms with Crippen LogP contribution in [0.1, 0.15) is 56.6 Å². The van der Waals surface area contributed by atoms with E-state index in [1.807, 2.05) is 38.1 Å². The van der Waals surface area contributed by atoms with Crippen LogP contribution in [0.4, 0.5) is 4.79 Å². The Morgan fingerprint density at radius 1 is 1.03 bits per heavy atom. The van der Waals surface area contributed by atoms with Gasteiger partial charge in [-0.3, -0.25) is 9.59 Å². The Bertz CT molecular complexity index is 961. The summed E-state index contributed by atoms with van der Waals surface area (Å²) in [7, 11) is 0. The van der Waals surface area contributed by atoms with Crippen LogP contribution in [0, 0.1) is 5.92 Å². The molecule has 182 valence electrons. The van der Waals surface area contributed by atoms with Gasteiger partial charge in [0.25, 0.3) is 0 Å². The van der Waals surface area contributed by atoms with E-state index in [9.17, 15) is 14.4 Å². The van der Waals surface area contributed by atoms with Gasteiger partial charge in [-0.2, -0.15) is 0 Å². The molecule has 1 atom stereocenters. The minimum Gasteiger partial charge on any atom is -0.481 e. The third-order valence-corrected chi connectivity index (χ3v) is 6.25. The number of fused-ring (bicyclic) bond motifs is 3. The summed E-state index contributed by atoms with van der Waals surface area (Å²) in [5, 5.41) is 11.7. The van der Waals surface area contributed by atoms with Gasteiger partial charge in [0.2, 0.25) is 5.91 Å². The molecule has 2 amide bonds. The highest BCUT2D eigenvalue weighted by Gasteiger charge is 2.29. The fourth-order valence-electron chi connectivity index (χ4n) is 4.52. The van der Waals surface area contributed by atoms with Crippen molar-refractivity contribution in [3.63, 3.8) is 0 Å². The van der Waals surface area contributed by atoms with Gasteiger partial charge in [0.1, 0.15) is 6.61 Å². The van der Waals surface area contributed by atoms with E-state index in [2.05, 4.69) is 29.6 Å². The highest BCUT2D eigenvalue weighted by Crippen LogP contribution is 2.44. The van der Waals surface area contributed by atoms with Gasteiger partial charge >= 0.3 is 12.1 Å². The Labute approximate surface area is 201 Å². The maximum Gasteiger partial charge on any atom is 0.407 e. The Morgan fingerprint density at radius 2 is 1.65 bits per heavy atom. The molecule has 34 heavy (non-hydrogen) atoms. The lowest BCUT2D eigenvalue weighted by atomic mass is 9.98. The largest absolute Gasteiger partial charge is 0.481 e. The topological polar surface area (TPSA) is 95.9 Å². The zero-order valence-electron chi connectivity index (χ0n) is 20.0. The van der Waals surface area contributed by atoms with E-state index in [4.69, 9.17) is 9.84 Å². The van der Waals surface area contributed by atoms with Gasteiger partial charge in [-0.25, -0.2) is 4.79 Å². The van der Waals surface area contributed by atoms with E-state index in [-0.39, 0.29) is 37.3 Å². The normalized spacial score (nSPS) is 13.0. The summed E-state index contributed by atoms with van der Waals surface area (Å²) in [4.78, 5) is 37.4. The maximum atomic E-state index is 12.6. The molecule has 0 aromatic heterocycles. The molecule has 7 heteroatoms. The van der Waals surface area contributed by atoms with Gasteiger partial charge in [-0.05, 0) is 41.5 Å². The predicted molar refractivity (Wildman–Crippen MR) is 131 cm³/mol. The zero-order valence-corrected chi connectivity index (χ0v) is 20.0. The summed E-state index contributed by atoms with van der Waals surface area (Å²) < 4.78 is 5.54. The number of nitrogens with one attached hydrogen (secondary N) is 1. The number of rotatable bonds is 12. The van der Waals surface area contributed by atoms with E-state index < -0.39 is 12.1 Å². The first-order valence-corrected chi connectivity index (χ1v) is 12.0. The van der Waals surface area contributed by atoms with Gasteiger partial charge in [0.05, 0.1) is 6.42 Å². The molecule has 3 rings (SSSR count). The molecule has 0 saturated carbocycles. The van der Waals surface area contributed by atoms with Gasteiger partial charge in [-0.15, -0.1) is 0 Å². The quantitative estimate of drug-likeness (QED) is 0.444. The number of hydrogen-bond donors (Lipinski definition) is 2. The van der Waals surface area contributed by atoms with Crippen LogP contribution in [-0.2, 0) is 14.3 Å². The van der Waals surface area contributed by atoms with E-state index in [1.54, 1.807) is 4.90 Å². The first kappa shape index (κ1) is 25.3. The van der Waals surface area contributed by atoms with Crippen LogP contribution in [0.25, 0.3) is 11.1 Å². The molecule has 2 aromatic rings. The highest BCUT2D eigenvalue weighted by molar-refractivity contribution is 5.80. The second-order valence-corrected chi connectivity index (χ2v) is 8.76. The van der Waals surface area contributed by atoms with Gasteiger partial charge < -0.3 is 20.1 Å². The second-order valence-electron chi connectivity index (χ2n) is 8.76. The standard InChI is InChI=1S/C27H34N2O5/c1-3-16-29(17-14-25(30)31)26(32)19(2)9-8-15-28-27(33)34-18-24-22-12-6-4-10-20(22)21-11-5-7-13-23(21)24/h4-7,10-13,19,24H,3,8-9,14-18H2,1-2H3,(H,28,33)(H,30,31). The summed E-state index contributed by atoms with van der Waals surface area (Å²) in [5.74, 6) is -1.16. The van der Waals surface area contributed by atoms with Crippen molar-refractivity contribution in [2.24, 2.45) is 5.92 Å². The lowest BCUT2D eigenvalue weighted by molar-refractivity contribution is -0.139. The van der Waals surface area contributed by atoms with Crippen LogP contribution in [0.3, 0.4) is 0 Å². The number of nitrogens with zero attached hydrogens (tertiary/aromatic N) is 1. The molecule has 0 bridgehead atoms. The molecule has 2 N–H and O–H groups in total. The van der Waals surface area contributed by atoms with E-state index >= 15 is 0 Å². The minimum absolute atomic E-state index is 0.0196. The first-order valence-electron chi connectivity index (χ1n) is 12.0. The molecule has 0 fully saturated rings. The third kappa shape index (κ3) is 6.37. The molecule has 0 spiro atoms. The van der Waals surface area contributed by atoms with Crippen molar-refractivity contribution < 1.29 is 24.2 Å². The number of carboxylic acid groups (broad SMARTS) is 1. The van der Waals surface area contributed by atoms with Crippen LogP contribution in [0.15, 0.2) is 48.5 Å². The lowest BCUT2D eigenvalue weighted by Crippen LogP contribution is -2.37. The first-order chi connectivity index (χ1) is 16.4. The van der Waals surface area contributed by atoms with Crippen molar-refractivity contribution in [1.29, 1.82) is 0 Å². The molecule has 2 aromatic carbocycles. The number of carbonyl (C=O) groups excluding carboxylic acids is 2. The number of alkyl carbamates (subject to hydrolysis) is 1. The summed E-state index contributed by atoms with van der Waals surface area (Å²) >= 11 is 0. The molecule has 0 aliphatic heterocycles. The Hall–Kier alpha value is -3.35. The van der Waals surface area contributed by atoms with Crippen LogP contribution >= 0.6 is 0 Å². The Balaban J connectivity index is 1.42. The molecule has 0 radical (unpaired) electrons. The SMILES string of the molecule is CCCN(CCC(=O)O)C(=O)C(C)CCCNC(=O)OCC1c2ccccc2-c2ccccc21. The molecule has 1 aliphatic rings. The van der Waals surface area contributed by atoms with Crippen LogP contribution in [0.2, 0.25) is 0 Å².